The second-order valence-corrected chi connectivity index (χ2v) is 5.17. The summed E-state index contributed by atoms with van der Waals surface area (Å²) in [6.45, 7) is 1.97. The van der Waals surface area contributed by atoms with Crippen LogP contribution in [0.1, 0.15) is 18.5 Å². The molecule has 0 amide bonds. The molecule has 21 heavy (non-hydrogen) atoms. The number of nitrogens with one attached hydrogen (secondary N) is 1. The fourth-order valence-corrected chi connectivity index (χ4v) is 2.27. The Labute approximate surface area is 123 Å². The molecule has 0 spiro atoms. The summed E-state index contributed by atoms with van der Waals surface area (Å²) in [4.78, 5) is 8.94. The van der Waals surface area contributed by atoms with Crippen molar-refractivity contribution in [2.24, 2.45) is 0 Å². The largest absolute Gasteiger partial charge is 0.362 e. The van der Waals surface area contributed by atoms with Gasteiger partial charge in [0.2, 0.25) is 0 Å². The molecule has 0 aliphatic heterocycles. The number of benzene rings is 2. The number of rotatable bonds is 3. The minimum Gasteiger partial charge on any atom is -0.362 e. The molecular weight excluding hydrogens is 264 g/mol. The second-order valence-electron chi connectivity index (χ2n) is 5.17. The molecule has 0 bridgehead atoms. The highest BCUT2D eigenvalue weighted by atomic mass is 19.1. The molecule has 0 aliphatic carbocycles. The molecule has 5 heteroatoms. The first-order chi connectivity index (χ1) is 10.1. The molecule has 0 saturated heterocycles. The van der Waals surface area contributed by atoms with Crippen LogP contribution in [0.15, 0.2) is 48.7 Å². The first-order valence-corrected chi connectivity index (χ1v) is 6.87. The second kappa shape index (κ2) is 5.52. The molecule has 1 atom stereocenters. The number of fused-ring (bicyclic) bond motifs is 1. The van der Waals surface area contributed by atoms with Crippen molar-refractivity contribution in [3.8, 4) is 0 Å². The highest BCUT2D eigenvalue weighted by Gasteiger charge is 2.08. The van der Waals surface area contributed by atoms with Crippen LogP contribution in [0.5, 0.6) is 0 Å². The van der Waals surface area contributed by atoms with Crippen LogP contribution in [-0.2, 0) is 0 Å². The summed E-state index contributed by atoms with van der Waals surface area (Å²) in [6.07, 6.45) is 1.71. The lowest BCUT2D eigenvalue weighted by atomic mass is 9.96. The molecule has 104 valence electrons. The first kappa shape index (κ1) is 13.6. The van der Waals surface area contributed by atoms with E-state index in [1.54, 1.807) is 12.3 Å². The van der Waals surface area contributed by atoms with Gasteiger partial charge >= 0.3 is 0 Å². The van der Waals surface area contributed by atoms with Gasteiger partial charge in [0.25, 0.3) is 0 Å². The van der Waals surface area contributed by atoms with Crippen molar-refractivity contribution < 1.29 is 4.39 Å². The number of nitrogens with zero attached hydrogens (tertiary/aromatic N) is 2. The molecule has 1 N–H and O–H groups in total. The maximum absolute atomic E-state index is 13.3. The van der Waals surface area contributed by atoms with Gasteiger partial charge in [0.1, 0.15) is 19.5 Å². The summed E-state index contributed by atoms with van der Waals surface area (Å²) >= 11 is 0. The Morgan fingerprint density at radius 3 is 2.81 bits per heavy atom. The lowest BCUT2D eigenvalue weighted by molar-refractivity contribution is 0.623. The molecule has 0 aliphatic rings. The van der Waals surface area contributed by atoms with E-state index >= 15 is 0 Å². The molecule has 3 aromatic rings. The lowest BCUT2D eigenvalue weighted by Crippen LogP contribution is -2.09. The van der Waals surface area contributed by atoms with Gasteiger partial charge in [-0.3, -0.25) is 4.98 Å². The molecule has 0 saturated carbocycles. The van der Waals surface area contributed by atoms with Crippen LogP contribution in [0, 0.1) is 5.82 Å². The topological polar surface area (TPSA) is 37.8 Å². The van der Waals surface area contributed by atoms with Gasteiger partial charge in [0.15, 0.2) is 0 Å². The standard InChI is InChI=1S/C16H15BFN3/c1-10(11-3-2-4-13(18)7-11)20-16-9-19-15-8-12(17)5-6-14(15)21-16/h2-10H,17H2,1H3,(H,20,21)/t10-/m1/s1. The van der Waals surface area contributed by atoms with E-state index < -0.39 is 0 Å². The Hall–Kier alpha value is -2.43. The minimum absolute atomic E-state index is 0.0436. The van der Waals surface area contributed by atoms with Crippen LogP contribution in [-0.4, -0.2) is 17.8 Å². The van der Waals surface area contributed by atoms with Gasteiger partial charge in [0.05, 0.1) is 23.3 Å². The summed E-state index contributed by atoms with van der Waals surface area (Å²) < 4.78 is 13.3. The summed E-state index contributed by atoms with van der Waals surface area (Å²) in [7, 11) is 2.03. The van der Waals surface area contributed by atoms with Gasteiger partial charge in [-0.05, 0) is 36.8 Å². The number of aromatic nitrogens is 2. The van der Waals surface area contributed by atoms with Crippen molar-refractivity contribution in [1.29, 1.82) is 0 Å². The van der Waals surface area contributed by atoms with Crippen LogP contribution in [0.4, 0.5) is 10.2 Å². The van der Waals surface area contributed by atoms with E-state index in [4.69, 9.17) is 0 Å². The Bertz CT molecular complexity index is 791. The van der Waals surface area contributed by atoms with E-state index in [0.29, 0.717) is 5.82 Å². The van der Waals surface area contributed by atoms with Crippen LogP contribution in [0.3, 0.4) is 0 Å². The van der Waals surface area contributed by atoms with E-state index in [-0.39, 0.29) is 11.9 Å². The van der Waals surface area contributed by atoms with Gasteiger partial charge in [-0.25, -0.2) is 9.37 Å². The predicted octanol–water partition coefficient (Wildman–Crippen LogP) is 2.20. The van der Waals surface area contributed by atoms with Gasteiger partial charge in [-0.1, -0.05) is 23.7 Å². The molecule has 2 aromatic carbocycles. The SMILES string of the molecule is Bc1ccc2nc(N[C@H](C)c3cccc(F)c3)cnc2c1. The van der Waals surface area contributed by atoms with Crippen molar-refractivity contribution in [3.05, 3.63) is 60.0 Å². The van der Waals surface area contributed by atoms with E-state index in [2.05, 4.69) is 15.3 Å². The van der Waals surface area contributed by atoms with Crippen molar-refractivity contribution >= 4 is 30.2 Å². The third-order valence-corrected chi connectivity index (χ3v) is 3.41. The maximum atomic E-state index is 13.3. The monoisotopic (exact) mass is 279 g/mol. The van der Waals surface area contributed by atoms with E-state index in [0.717, 1.165) is 22.1 Å². The van der Waals surface area contributed by atoms with Crippen molar-refractivity contribution in [1.82, 2.24) is 9.97 Å². The molecule has 3 rings (SSSR count). The molecule has 0 fully saturated rings. The molecule has 0 radical (unpaired) electrons. The predicted molar refractivity (Wildman–Crippen MR) is 86.2 cm³/mol. The van der Waals surface area contributed by atoms with Gasteiger partial charge in [0, 0.05) is 0 Å². The van der Waals surface area contributed by atoms with Crippen LogP contribution in [0.2, 0.25) is 0 Å². The smallest absolute Gasteiger partial charge is 0.145 e. The van der Waals surface area contributed by atoms with E-state index in [1.807, 2.05) is 39.0 Å². The highest BCUT2D eigenvalue weighted by Crippen LogP contribution is 2.19. The number of hydrogen-bond acceptors (Lipinski definition) is 3. The zero-order chi connectivity index (χ0) is 14.8. The Kier molecular flexibility index (Phi) is 3.56. The van der Waals surface area contributed by atoms with Crippen LogP contribution >= 0.6 is 0 Å². The Morgan fingerprint density at radius 1 is 1.14 bits per heavy atom. The number of halogens is 1. The van der Waals surface area contributed by atoms with E-state index in [9.17, 15) is 4.39 Å². The number of hydrogen-bond donors (Lipinski definition) is 1. The Morgan fingerprint density at radius 2 is 2.00 bits per heavy atom. The molecule has 3 nitrogen and oxygen atoms in total. The van der Waals surface area contributed by atoms with Gasteiger partial charge in [-0.2, -0.15) is 0 Å². The summed E-state index contributed by atoms with van der Waals surface area (Å²) in [5.41, 5.74) is 3.75. The molecule has 1 heterocycles. The van der Waals surface area contributed by atoms with Crippen LogP contribution < -0.4 is 10.8 Å². The van der Waals surface area contributed by atoms with Crippen molar-refractivity contribution in [2.45, 2.75) is 13.0 Å². The fraction of sp³-hybridized carbons (Fsp3) is 0.125. The average Bonchev–Trinajstić information content (AvgIpc) is 2.47. The van der Waals surface area contributed by atoms with Crippen molar-refractivity contribution in [2.75, 3.05) is 5.32 Å². The van der Waals surface area contributed by atoms with Crippen LogP contribution in [0.25, 0.3) is 11.0 Å². The first-order valence-electron chi connectivity index (χ1n) is 6.87. The summed E-state index contributed by atoms with van der Waals surface area (Å²) in [6, 6.07) is 12.5. The third-order valence-electron chi connectivity index (χ3n) is 3.41. The van der Waals surface area contributed by atoms with Gasteiger partial charge < -0.3 is 5.32 Å². The van der Waals surface area contributed by atoms with E-state index in [1.165, 1.54) is 12.1 Å². The zero-order valence-corrected chi connectivity index (χ0v) is 12.0. The number of anilines is 1. The quantitative estimate of drug-likeness (QED) is 0.747. The third kappa shape index (κ3) is 3.02. The zero-order valence-electron chi connectivity index (χ0n) is 12.0. The minimum atomic E-state index is -0.235. The molecule has 0 unspecified atom stereocenters. The molecule has 1 aromatic heterocycles. The summed E-state index contributed by atoms with van der Waals surface area (Å²) in [5, 5.41) is 3.25. The highest BCUT2D eigenvalue weighted by molar-refractivity contribution is 6.33. The maximum Gasteiger partial charge on any atom is 0.145 e. The molecular formula is C16H15BFN3. The van der Waals surface area contributed by atoms with Gasteiger partial charge in [-0.15, -0.1) is 0 Å². The summed E-state index contributed by atoms with van der Waals surface area (Å²) in [5.74, 6) is 0.448. The van der Waals surface area contributed by atoms with Crippen molar-refractivity contribution in [3.63, 3.8) is 0 Å². The Balaban J connectivity index is 1.86. The average molecular weight is 279 g/mol. The normalized spacial score (nSPS) is 12.3. The fourth-order valence-electron chi connectivity index (χ4n) is 2.27. The lowest BCUT2D eigenvalue weighted by Gasteiger charge is -2.15.